The number of rotatable bonds is 2. The number of benzene rings is 1. The first-order valence-corrected chi connectivity index (χ1v) is 4.78. The van der Waals surface area contributed by atoms with Crippen molar-refractivity contribution in [3.63, 3.8) is 0 Å². The Balaban J connectivity index is 2.33. The van der Waals surface area contributed by atoms with Gasteiger partial charge in [0.2, 0.25) is 5.91 Å². The first kappa shape index (κ1) is 10.1. The van der Waals surface area contributed by atoms with E-state index >= 15 is 0 Å². The Hall–Kier alpha value is -1.45. The van der Waals surface area contributed by atoms with Gasteiger partial charge in [-0.05, 0) is 18.9 Å². The van der Waals surface area contributed by atoms with Gasteiger partial charge in [0.05, 0.1) is 5.54 Å². The van der Waals surface area contributed by atoms with E-state index < -0.39 is 17.2 Å². The first-order chi connectivity index (χ1) is 7.03. The molecule has 1 aliphatic carbocycles. The molecule has 0 unspecified atom stereocenters. The second-order valence-corrected chi connectivity index (χ2v) is 3.89. The van der Waals surface area contributed by atoms with Gasteiger partial charge in [-0.25, -0.2) is 8.78 Å². The quantitative estimate of drug-likeness (QED) is 0.797. The van der Waals surface area contributed by atoms with E-state index in [0.29, 0.717) is 18.4 Å². The van der Waals surface area contributed by atoms with Crippen molar-refractivity contribution >= 4 is 5.91 Å². The summed E-state index contributed by atoms with van der Waals surface area (Å²) in [5.41, 5.74) is -0.219. The van der Waals surface area contributed by atoms with Gasteiger partial charge in [-0.1, -0.05) is 6.07 Å². The van der Waals surface area contributed by atoms with Gasteiger partial charge in [0.25, 0.3) is 0 Å². The Morgan fingerprint density at radius 2 is 2.07 bits per heavy atom. The predicted molar refractivity (Wildman–Crippen MR) is 51.1 cm³/mol. The van der Waals surface area contributed by atoms with Crippen molar-refractivity contribution in [1.29, 1.82) is 0 Å². The molecule has 15 heavy (non-hydrogen) atoms. The minimum absolute atomic E-state index is 0.198. The van der Waals surface area contributed by atoms with E-state index in [0.717, 1.165) is 6.07 Å². The Morgan fingerprint density at radius 1 is 1.40 bits per heavy atom. The number of carbonyl (C=O) groups excluding carboxylic acids is 1. The van der Waals surface area contributed by atoms with Gasteiger partial charge in [0.15, 0.2) is 0 Å². The third kappa shape index (κ3) is 1.84. The van der Waals surface area contributed by atoms with Gasteiger partial charge in [0.1, 0.15) is 11.6 Å². The fourth-order valence-electron chi connectivity index (χ4n) is 1.80. The van der Waals surface area contributed by atoms with Crippen molar-refractivity contribution < 1.29 is 13.6 Å². The second-order valence-electron chi connectivity index (χ2n) is 3.89. The minimum atomic E-state index is -0.602. The van der Waals surface area contributed by atoms with Crippen LogP contribution in [-0.4, -0.2) is 5.91 Å². The summed E-state index contributed by atoms with van der Waals surface area (Å²) in [6.45, 7) is 1.39. The third-order valence-electron chi connectivity index (χ3n) is 2.61. The summed E-state index contributed by atoms with van der Waals surface area (Å²) in [5.74, 6) is -1.40. The SMILES string of the molecule is CC(=O)NC1(c2ccc(F)cc2F)CC1. The lowest BCUT2D eigenvalue weighted by molar-refractivity contribution is -0.120. The van der Waals surface area contributed by atoms with Gasteiger partial charge in [0, 0.05) is 18.6 Å². The van der Waals surface area contributed by atoms with Crippen molar-refractivity contribution in [2.24, 2.45) is 0 Å². The number of amides is 1. The molecule has 0 bridgehead atoms. The molecule has 0 aromatic heterocycles. The molecule has 0 atom stereocenters. The zero-order chi connectivity index (χ0) is 11.1. The Bertz CT molecular complexity index is 413. The number of nitrogens with one attached hydrogen (secondary N) is 1. The highest BCUT2D eigenvalue weighted by atomic mass is 19.1. The maximum Gasteiger partial charge on any atom is 0.217 e. The number of halogens is 2. The molecule has 1 aliphatic rings. The molecule has 2 rings (SSSR count). The van der Waals surface area contributed by atoms with Crippen LogP contribution in [-0.2, 0) is 10.3 Å². The lowest BCUT2D eigenvalue weighted by Gasteiger charge is -2.17. The van der Waals surface area contributed by atoms with Gasteiger partial charge in [-0.3, -0.25) is 4.79 Å². The van der Waals surface area contributed by atoms with Crippen LogP contribution in [0.25, 0.3) is 0 Å². The van der Waals surface area contributed by atoms with Crippen LogP contribution in [0.2, 0.25) is 0 Å². The zero-order valence-electron chi connectivity index (χ0n) is 8.31. The molecule has 0 saturated heterocycles. The summed E-state index contributed by atoms with van der Waals surface area (Å²) < 4.78 is 26.1. The lowest BCUT2D eigenvalue weighted by Crippen LogP contribution is -2.33. The van der Waals surface area contributed by atoms with Crippen molar-refractivity contribution in [2.75, 3.05) is 0 Å². The molecule has 1 aromatic rings. The normalized spacial score (nSPS) is 17.3. The fraction of sp³-hybridized carbons (Fsp3) is 0.364. The van der Waals surface area contributed by atoms with E-state index in [1.54, 1.807) is 0 Å². The zero-order valence-corrected chi connectivity index (χ0v) is 8.31. The molecule has 2 nitrogen and oxygen atoms in total. The molecule has 0 radical (unpaired) electrons. The smallest absolute Gasteiger partial charge is 0.217 e. The van der Waals surface area contributed by atoms with E-state index in [1.165, 1.54) is 19.1 Å². The van der Waals surface area contributed by atoms with Crippen LogP contribution in [0.3, 0.4) is 0 Å². The van der Waals surface area contributed by atoms with Crippen LogP contribution in [0.15, 0.2) is 18.2 Å². The van der Waals surface area contributed by atoms with Gasteiger partial charge in [-0.2, -0.15) is 0 Å². The van der Waals surface area contributed by atoms with E-state index in [9.17, 15) is 13.6 Å². The molecule has 0 spiro atoms. The second kappa shape index (κ2) is 3.29. The number of hydrogen-bond donors (Lipinski definition) is 1. The van der Waals surface area contributed by atoms with E-state index in [-0.39, 0.29) is 5.91 Å². The van der Waals surface area contributed by atoms with E-state index in [4.69, 9.17) is 0 Å². The standard InChI is InChI=1S/C11H11F2NO/c1-7(15)14-11(4-5-11)9-3-2-8(12)6-10(9)13/h2-3,6H,4-5H2,1H3,(H,14,15). The summed E-state index contributed by atoms with van der Waals surface area (Å²) in [5, 5.41) is 2.71. The van der Waals surface area contributed by atoms with E-state index in [2.05, 4.69) is 5.32 Å². The van der Waals surface area contributed by atoms with Crippen LogP contribution in [0.5, 0.6) is 0 Å². The lowest BCUT2D eigenvalue weighted by atomic mass is 10.0. The number of hydrogen-bond acceptors (Lipinski definition) is 1. The van der Waals surface area contributed by atoms with Crippen molar-refractivity contribution in [3.05, 3.63) is 35.4 Å². The van der Waals surface area contributed by atoms with Crippen molar-refractivity contribution in [2.45, 2.75) is 25.3 Å². The van der Waals surface area contributed by atoms with Crippen LogP contribution < -0.4 is 5.32 Å². The Morgan fingerprint density at radius 3 is 2.53 bits per heavy atom. The van der Waals surface area contributed by atoms with Crippen LogP contribution >= 0.6 is 0 Å². The van der Waals surface area contributed by atoms with E-state index in [1.807, 2.05) is 0 Å². The summed E-state index contributed by atoms with van der Waals surface area (Å²) in [6, 6.07) is 3.45. The average Bonchev–Trinajstić information content (AvgIpc) is 2.83. The maximum atomic E-state index is 13.4. The minimum Gasteiger partial charge on any atom is -0.347 e. The molecule has 1 fully saturated rings. The van der Waals surface area contributed by atoms with Gasteiger partial charge >= 0.3 is 0 Å². The average molecular weight is 211 g/mol. The molecule has 1 N–H and O–H groups in total. The molecule has 4 heteroatoms. The Kier molecular flexibility index (Phi) is 2.21. The molecule has 1 amide bonds. The summed E-state index contributed by atoms with van der Waals surface area (Å²) >= 11 is 0. The first-order valence-electron chi connectivity index (χ1n) is 4.78. The molecule has 1 aromatic carbocycles. The van der Waals surface area contributed by atoms with Gasteiger partial charge in [-0.15, -0.1) is 0 Å². The summed E-state index contributed by atoms with van der Waals surface area (Å²) in [7, 11) is 0. The van der Waals surface area contributed by atoms with Gasteiger partial charge < -0.3 is 5.32 Å². The molecule has 80 valence electrons. The highest BCUT2D eigenvalue weighted by molar-refractivity contribution is 5.74. The molecular weight excluding hydrogens is 200 g/mol. The molecular formula is C11H11F2NO. The van der Waals surface area contributed by atoms with Crippen LogP contribution in [0.1, 0.15) is 25.3 Å². The highest BCUT2D eigenvalue weighted by Crippen LogP contribution is 2.46. The van der Waals surface area contributed by atoms with Crippen molar-refractivity contribution in [3.8, 4) is 0 Å². The largest absolute Gasteiger partial charge is 0.347 e. The van der Waals surface area contributed by atoms with Crippen molar-refractivity contribution in [1.82, 2.24) is 5.32 Å². The Labute approximate surface area is 86.3 Å². The monoisotopic (exact) mass is 211 g/mol. The summed E-state index contributed by atoms with van der Waals surface area (Å²) in [6.07, 6.45) is 1.41. The topological polar surface area (TPSA) is 29.1 Å². The predicted octanol–water partition coefficient (Wildman–Crippen LogP) is 2.09. The van der Waals surface area contributed by atoms with Crippen LogP contribution in [0.4, 0.5) is 8.78 Å². The maximum absolute atomic E-state index is 13.4. The molecule has 1 saturated carbocycles. The van der Waals surface area contributed by atoms with Crippen LogP contribution in [0, 0.1) is 11.6 Å². The summed E-state index contributed by atoms with van der Waals surface area (Å²) in [4.78, 5) is 10.9. The third-order valence-corrected chi connectivity index (χ3v) is 2.61. The molecule has 0 heterocycles. The number of carbonyl (C=O) groups is 1. The fourth-order valence-corrected chi connectivity index (χ4v) is 1.80. The highest BCUT2D eigenvalue weighted by Gasteiger charge is 2.46. The molecule has 0 aliphatic heterocycles.